The van der Waals surface area contributed by atoms with Crippen LogP contribution in [0.1, 0.15) is 31.1 Å². The lowest BCUT2D eigenvalue weighted by atomic mass is 10.1. The summed E-state index contributed by atoms with van der Waals surface area (Å²) in [7, 11) is -1.79. The van der Waals surface area contributed by atoms with Crippen molar-refractivity contribution in [1.29, 1.82) is 0 Å². The highest BCUT2D eigenvalue weighted by Gasteiger charge is 2.36. The molecule has 0 aliphatic heterocycles. The smallest absolute Gasteiger partial charge is 0.140 e. The second-order valence-electron chi connectivity index (χ2n) is 5.23. The Balaban J connectivity index is 2.46. The molecule has 0 unspecified atom stereocenters. The minimum Gasteiger partial charge on any atom is -0.300 e. The van der Waals surface area contributed by atoms with Crippen molar-refractivity contribution < 1.29 is 4.79 Å². The van der Waals surface area contributed by atoms with Crippen molar-refractivity contribution in [1.82, 2.24) is 0 Å². The van der Waals surface area contributed by atoms with Crippen LogP contribution in [-0.2, 0) is 0 Å². The normalized spacial score (nSPS) is 11.7. The number of fused-ring (bicyclic) bond motifs is 1. The highest BCUT2D eigenvalue weighted by molar-refractivity contribution is 7.07. The van der Waals surface area contributed by atoms with Gasteiger partial charge in [0.15, 0.2) is 0 Å². The van der Waals surface area contributed by atoms with Crippen LogP contribution < -0.4 is 0 Å². The number of hydrogen-bond donors (Lipinski definition) is 0. The van der Waals surface area contributed by atoms with E-state index >= 15 is 0 Å². The first-order valence-electron chi connectivity index (χ1n) is 7.20. The van der Waals surface area contributed by atoms with Gasteiger partial charge < -0.3 is 4.79 Å². The lowest BCUT2D eigenvalue weighted by Gasteiger charge is -2.26. The van der Waals surface area contributed by atoms with Gasteiger partial charge in [-0.1, -0.05) is 75.3 Å². The molecule has 0 radical (unpaired) electrons. The van der Waals surface area contributed by atoms with Gasteiger partial charge >= 0.3 is 0 Å². The number of benzene rings is 2. The zero-order valence-electron chi connectivity index (χ0n) is 12.1. The van der Waals surface area contributed by atoms with Crippen molar-refractivity contribution >= 4 is 24.3 Å². The fraction of sp³-hybridized carbons (Fsp3) is 0.353. The van der Waals surface area contributed by atoms with Crippen molar-refractivity contribution in [3.05, 3.63) is 48.0 Å². The summed E-state index contributed by atoms with van der Waals surface area (Å²) in [5.74, 6) is 0. The van der Waals surface area contributed by atoms with E-state index in [9.17, 15) is 4.79 Å². The Hall–Kier alpha value is -1.41. The van der Waals surface area contributed by atoms with Gasteiger partial charge in [0.25, 0.3) is 0 Å². The molecule has 0 spiro atoms. The molecule has 0 aliphatic carbocycles. The molecular formula is C17H22OSi. The predicted octanol–water partition coefficient (Wildman–Crippen LogP) is 5.07. The molecule has 0 saturated carbocycles. The Labute approximate surface area is 116 Å². The first-order valence-corrected chi connectivity index (χ1v) is 9.82. The van der Waals surface area contributed by atoms with E-state index in [4.69, 9.17) is 0 Å². The highest BCUT2D eigenvalue weighted by atomic mass is 28.3. The second kappa shape index (κ2) is 5.70. The molecule has 0 heterocycles. The molecule has 0 saturated heterocycles. The molecule has 0 atom stereocenters. The van der Waals surface area contributed by atoms with E-state index in [1.807, 2.05) is 18.2 Å². The van der Waals surface area contributed by atoms with Crippen molar-refractivity contribution in [2.75, 3.05) is 0 Å². The van der Waals surface area contributed by atoms with Gasteiger partial charge in [-0.15, -0.1) is 0 Å². The van der Waals surface area contributed by atoms with E-state index in [0.717, 1.165) is 23.7 Å². The molecule has 100 valence electrons. The third-order valence-corrected chi connectivity index (χ3v) is 9.84. The molecule has 0 fully saturated rings. The van der Waals surface area contributed by atoms with E-state index in [-0.39, 0.29) is 0 Å². The maximum Gasteiger partial charge on any atom is 0.140 e. The maximum atomic E-state index is 12.9. The number of hydrogen-bond acceptors (Lipinski definition) is 1. The van der Waals surface area contributed by atoms with Crippen LogP contribution in [0.4, 0.5) is 0 Å². The Bertz CT molecular complexity index is 576. The fourth-order valence-electron chi connectivity index (χ4n) is 2.87. The molecule has 0 aromatic heterocycles. The van der Waals surface area contributed by atoms with Gasteiger partial charge in [0, 0.05) is 5.56 Å². The van der Waals surface area contributed by atoms with Crippen molar-refractivity contribution in [2.24, 2.45) is 0 Å². The Morgan fingerprint density at radius 2 is 1.47 bits per heavy atom. The van der Waals surface area contributed by atoms with Crippen LogP contribution >= 0.6 is 0 Å². The summed E-state index contributed by atoms with van der Waals surface area (Å²) < 4.78 is 0. The molecule has 2 aromatic carbocycles. The first kappa shape index (κ1) is 14.0. The quantitative estimate of drug-likeness (QED) is 0.693. The third-order valence-electron chi connectivity index (χ3n) is 4.52. The summed E-state index contributed by atoms with van der Waals surface area (Å²) in [5, 5.41) is 2.81. The van der Waals surface area contributed by atoms with Crippen LogP contribution in [-0.4, -0.2) is 13.5 Å². The van der Waals surface area contributed by atoms with Crippen LogP contribution in [0.25, 0.3) is 10.8 Å². The van der Waals surface area contributed by atoms with Gasteiger partial charge in [0.05, 0.1) is 0 Å². The monoisotopic (exact) mass is 270 g/mol. The lowest BCUT2D eigenvalue weighted by Crippen LogP contribution is -2.42. The predicted molar refractivity (Wildman–Crippen MR) is 85.5 cm³/mol. The largest absolute Gasteiger partial charge is 0.300 e. The van der Waals surface area contributed by atoms with Gasteiger partial charge in [0.2, 0.25) is 0 Å². The number of carbonyl (C=O) groups is 1. The Morgan fingerprint density at radius 1 is 0.895 bits per heavy atom. The molecule has 1 nitrogen and oxygen atoms in total. The number of rotatable bonds is 5. The van der Waals surface area contributed by atoms with Gasteiger partial charge in [-0.25, -0.2) is 0 Å². The maximum absolute atomic E-state index is 12.9. The third kappa shape index (κ3) is 2.50. The SMILES string of the molecule is CC[Si](CC)(CC)C(=O)c1ccc2ccccc2c1. The highest BCUT2D eigenvalue weighted by Crippen LogP contribution is 2.26. The van der Waals surface area contributed by atoms with Crippen LogP contribution in [0.3, 0.4) is 0 Å². The van der Waals surface area contributed by atoms with Crippen molar-refractivity contribution in [3.8, 4) is 0 Å². The Morgan fingerprint density at radius 3 is 2.05 bits per heavy atom. The average molecular weight is 270 g/mol. The molecule has 0 N–H and O–H groups in total. The molecule has 0 amide bonds. The summed E-state index contributed by atoms with van der Waals surface area (Å²) in [6.07, 6.45) is 0. The van der Waals surface area contributed by atoms with Gasteiger partial charge in [-0.05, 0) is 16.8 Å². The standard InChI is InChI=1S/C17H22OSi/c1-4-19(5-2,6-3)17(18)16-12-11-14-9-7-8-10-15(14)13-16/h7-13H,4-6H2,1-3H3. The average Bonchev–Trinajstić information content (AvgIpc) is 2.49. The molecular weight excluding hydrogens is 248 g/mol. The Kier molecular flexibility index (Phi) is 4.20. The lowest BCUT2D eigenvalue weighted by molar-refractivity contribution is 0.106. The van der Waals surface area contributed by atoms with E-state index in [1.54, 1.807) is 0 Å². The summed E-state index contributed by atoms with van der Waals surface area (Å²) in [5.41, 5.74) is 0.913. The number of carbonyl (C=O) groups excluding carboxylic acids is 1. The zero-order chi connectivity index (χ0) is 13.9. The van der Waals surface area contributed by atoms with Crippen LogP contribution in [0, 0.1) is 0 Å². The molecule has 2 aromatic rings. The van der Waals surface area contributed by atoms with E-state index < -0.39 is 8.07 Å². The molecule has 2 rings (SSSR count). The molecule has 2 heteroatoms. The van der Waals surface area contributed by atoms with Crippen LogP contribution in [0.5, 0.6) is 0 Å². The van der Waals surface area contributed by atoms with Gasteiger partial charge in [-0.3, -0.25) is 0 Å². The second-order valence-corrected chi connectivity index (χ2v) is 10.4. The fourth-order valence-corrected chi connectivity index (χ4v) is 6.10. The van der Waals surface area contributed by atoms with E-state index in [2.05, 4.69) is 45.0 Å². The molecule has 0 aliphatic rings. The van der Waals surface area contributed by atoms with E-state index in [0.29, 0.717) is 5.41 Å². The summed E-state index contributed by atoms with van der Waals surface area (Å²) in [6, 6.07) is 17.5. The summed E-state index contributed by atoms with van der Waals surface area (Å²) >= 11 is 0. The van der Waals surface area contributed by atoms with Crippen LogP contribution in [0.15, 0.2) is 42.5 Å². The summed E-state index contributed by atoms with van der Waals surface area (Å²) in [6.45, 7) is 6.54. The molecule has 0 bridgehead atoms. The topological polar surface area (TPSA) is 17.1 Å². The minimum atomic E-state index is -1.79. The first-order chi connectivity index (χ1) is 9.16. The van der Waals surface area contributed by atoms with Crippen molar-refractivity contribution in [2.45, 2.75) is 38.9 Å². The summed E-state index contributed by atoms with van der Waals surface area (Å²) in [4.78, 5) is 12.9. The van der Waals surface area contributed by atoms with Gasteiger partial charge in [-0.2, -0.15) is 0 Å². The van der Waals surface area contributed by atoms with E-state index in [1.165, 1.54) is 10.8 Å². The van der Waals surface area contributed by atoms with Crippen molar-refractivity contribution in [3.63, 3.8) is 0 Å². The molecule has 19 heavy (non-hydrogen) atoms. The van der Waals surface area contributed by atoms with Gasteiger partial charge in [0.1, 0.15) is 13.5 Å². The minimum absolute atomic E-state index is 0.436. The van der Waals surface area contributed by atoms with Crippen LogP contribution in [0.2, 0.25) is 18.1 Å². The zero-order valence-corrected chi connectivity index (χ0v) is 13.1.